The lowest BCUT2D eigenvalue weighted by Crippen LogP contribution is -2.34. The fraction of sp³-hybridized carbons (Fsp3) is 0.194. The first-order valence-electron chi connectivity index (χ1n) is 13.2. The maximum atomic E-state index is 13.6. The van der Waals surface area contributed by atoms with E-state index in [9.17, 15) is 24.1 Å². The van der Waals surface area contributed by atoms with E-state index in [0.717, 1.165) is 23.3 Å². The van der Waals surface area contributed by atoms with Gasteiger partial charge < -0.3 is 9.15 Å². The molecule has 1 unspecified atom stereocenters. The number of nitrogens with one attached hydrogen (secondary N) is 1. The molecule has 0 radical (unpaired) electrons. The van der Waals surface area contributed by atoms with Crippen molar-refractivity contribution in [1.82, 2.24) is 5.32 Å². The summed E-state index contributed by atoms with van der Waals surface area (Å²) in [6.45, 7) is 3.42. The van der Waals surface area contributed by atoms with Gasteiger partial charge in [-0.1, -0.05) is 49.4 Å². The second kappa shape index (κ2) is 12.5. The molecular formula is C31H26FN3O6S. The summed E-state index contributed by atoms with van der Waals surface area (Å²) in [5, 5.41) is 15.1. The van der Waals surface area contributed by atoms with Crippen molar-refractivity contribution in [1.29, 1.82) is 0 Å². The Hall–Kier alpha value is -4.61. The van der Waals surface area contributed by atoms with E-state index in [2.05, 4.69) is 24.4 Å². The Balaban J connectivity index is 1.36. The van der Waals surface area contributed by atoms with Crippen LogP contribution >= 0.6 is 11.8 Å². The number of fused-ring (bicyclic) bond motifs is 1. The van der Waals surface area contributed by atoms with Crippen LogP contribution in [0.25, 0.3) is 15.9 Å². The number of esters is 1. The summed E-state index contributed by atoms with van der Waals surface area (Å²) >= 11 is 1.39. The van der Waals surface area contributed by atoms with Crippen molar-refractivity contribution < 1.29 is 23.3 Å². The van der Waals surface area contributed by atoms with Gasteiger partial charge in [0.05, 0.1) is 17.2 Å². The Morgan fingerprint density at radius 1 is 1.12 bits per heavy atom. The molecule has 1 aliphatic heterocycles. The van der Waals surface area contributed by atoms with E-state index in [1.165, 1.54) is 47.7 Å². The Kier molecular flexibility index (Phi) is 8.60. The SMILES string of the molecule is CCCc1ccc(C2=CC(c3ccc(F)cc3)=NC(NCC(=O)Oc3cc4oc(=O)cc(C)c4cc3[N+](=O)[O-])S2)cc1. The van der Waals surface area contributed by atoms with Crippen LogP contribution in [0, 0.1) is 22.9 Å². The van der Waals surface area contributed by atoms with Gasteiger partial charge in [-0.2, -0.15) is 0 Å². The maximum Gasteiger partial charge on any atom is 0.336 e. The number of hydrogen-bond donors (Lipinski definition) is 1. The zero-order valence-corrected chi connectivity index (χ0v) is 23.6. The average molecular weight is 588 g/mol. The summed E-state index contributed by atoms with van der Waals surface area (Å²) < 4.78 is 24.1. The number of nitro benzene ring substituents is 1. The van der Waals surface area contributed by atoms with Crippen molar-refractivity contribution in [2.75, 3.05) is 6.54 Å². The highest BCUT2D eigenvalue weighted by atomic mass is 32.2. The molecule has 0 amide bonds. The zero-order chi connectivity index (χ0) is 29.8. The molecule has 42 heavy (non-hydrogen) atoms. The largest absolute Gasteiger partial charge is 0.423 e. The first kappa shape index (κ1) is 28.9. The molecule has 0 saturated heterocycles. The number of aryl methyl sites for hydroxylation is 2. The van der Waals surface area contributed by atoms with Gasteiger partial charge in [0.25, 0.3) is 0 Å². The van der Waals surface area contributed by atoms with E-state index < -0.39 is 27.7 Å². The molecule has 1 aliphatic rings. The molecule has 0 saturated carbocycles. The minimum absolute atomic E-state index is 0.0671. The molecule has 4 aromatic rings. The van der Waals surface area contributed by atoms with Crippen LogP contribution in [-0.2, 0) is 11.2 Å². The van der Waals surface area contributed by atoms with Crippen LogP contribution in [0.15, 0.2) is 87.0 Å². The number of aliphatic imine (C=N–C) groups is 1. The average Bonchev–Trinajstić information content (AvgIpc) is 2.96. The second-order valence-electron chi connectivity index (χ2n) is 9.62. The predicted molar refractivity (Wildman–Crippen MR) is 160 cm³/mol. The number of hydrogen-bond acceptors (Lipinski definition) is 9. The number of benzene rings is 3. The van der Waals surface area contributed by atoms with Crippen molar-refractivity contribution in [2.45, 2.75) is 32.2 Å². The normalized spacial score (nSPS) is 14.8. The molecular weight excluding hydrogens is 561 g/mol. The number of nitro groups is 1. The molecule has 2 heterocycles. The van der Waals surface area contributed by atoms with Crippen molar-refractivity contribution in [3.8, 4) is 5.75 Å². The number of thioether (sulfide) groups is 1. The van der Waals surface area contributed by atoms with E-state index in [1.807, 2.05) is 18.2 Å². The minimum atomic E-state index is -0.799. The molecule has 1 aromatic heterocycles. The fourth-order valence-corrected chi connectivity index (χ4v) is 5.52. The van der Waals surface area contributed by atoms with Crippen molar-refractivity contribution in [2.24, 2.45) is 4.99 Å². The highest BCUT2D eigenvalue weighted by molar-refractivity contribution is 8.08. The molecule has 11 heteroatoms. The van der Waals surface area contributed by atoms with Gasteiger partial charge >= 0.3 is 17.3 Å². The lowest BCUT2D eigenvalue weighted by molar-refractivity contribution is -0.385. The topological polar surface area (TPSA) is 124 Å². The van der Waals surface area contributed by atoms with Gasteiger partial charge in [-0.25, -0.2) is 9.18 Å². The third-order valence-corrected chi connectivity index (χ3v) is 7.66. The van der Waals surface area contributed by atoms with Crippen molar-refractivity contribution in [3.05, 3.63) is 121 Å². The van der Waals surface area contributed by atoms with Crippen LogP contribution in [0.4, 0.5) is 10.1 Å². The van der Waals surface area contributed by atoms with E-state index in [4.69, 9.17) is 14.1 Å². The molecule has 9 nitrogen and oxygen atoms in total. The molecule has 1 N–H and O–H groups in total. The zero-order valence-electron chi connectivity index (χ0n) is 22.8. The molecule has 0 fully saturated rings. The highest BCUT2D eigenvalue weighted by Crippen LogP contribution is 2.36. The van der Waals surface area contributed by atoms with Gasteiger partial charge in [-0.05, 0) is 60.4 Å². The second-order valence-corrected chi connectivity index (χ2v) is 10.7. The summed E-state index contributed by atoms with van der Waals surface area (Å²) in [6, 6.07) is 17.8. The van der Waals surface area contributed by atoms with Gasteiger partial charge in [0, 0.05) is 34.1 Å². The lowest BCUT2D eigenvalue weighted by atomic mass is 10.1. The van der Waals surface area contributed by atoms with E-state index in [0.29, 0.717) is 22.2 Å². The Morgan fingerprint density at radius 3 is 2.52 bits per heavy atom. The van der Waals surface area contributed by atoms with Gasteiger partial charge in [-0.3, -0.25) is 25.2 Å². The third-order valence-electron chi connectivity index (χ3n) is 6.55. The Labute approximate surface area is 244 Å². The number of carbonyl (C=O) groups is 1. The van der Waals surface area contributed by atoms with E-state index in [1.54, 1.807) is 19.1 Å². The molecule has 1 atom stereocenters. The number of rotatable bonds is 9. The number of ether oxygens (including phenoxy) is 1. The monoisotopic (exact) mass is 587 g/mol. The fourth-order valence-electron chi connectivity index (χ4n) is 4.50. The molecule has 5 rings (SSSR count). The van der Waals surface area contributed by atoms with Gasteiger partial charge in [0.15, 0.2) is 5.50 Å². The number of nitrogens with zero attached hydrogens (tertiary/aromatic N) is 2. The van der Waals surface area contributed by atoms with Crippen molar-refractivity contribution in [3.63, 3.8) is 0 Å². The van der Waals surface area contributed by atoms with Gasteiger partial charge in [0.2, 0.25) is 5.75 Å². The molecule has 214 valence electrons. The number of allylic oxidation sites excluding steroid dienone is 1. The van der Waals surface area contributed by atoms with Crippen LogP contribution in [-0.4, -0.2) is 28.6 Å². The van der Waals surface area contributed by atoms with Crippen molar-refractivity contribution >= 4 is 45.0 Å². The van der Waals surface area contributed by atoms with Crippen LogP contribution in [0.3, 0.4) is 0 Å². The summed E-state index contributed by atoms with van der Waals surface area (Å²) in [5.41, 5.74) is 2.39. The standard InChI is InChI=1S/C31H26FN3O6S/c1-3-4-19-5-7-21(8-6-19)28-15-24(20-9-11-22(32)12-10-20)34-31(42-28)33-17-30(37)41-27-16-26-23(14-25(27)35(38)39)18(2)13-29(36)40-26/h5-16,31,33H,3-4,17H2,1-2H3. The molecule has 0 bridgehead atoms. The Morgan fingerprint density at radius 2 is 1.83 bits per heavy atom. The smallest absolute Gasteiger partial charge is 0.336 e. The summed E-state index contributed by atoms with van der Waals surface area (Å²) in [7, 11) is 0. The van der Waals surface area contributed by atoms with E-state index >= 15 is 0 Å². The molecule has 0 spiro atoms. The summed E-state index contributed by atoms with van der Waals surface area (Å²) in [6.07, 6.45) is 3.93. The first-order valence-corrected chi connectivity index (χ1v) is 14.1. The minimum Gasteiger partial charge on any atom is -0.423 e. The van der Waals surface area contributed by atoms with Crippen LogP contribution in [0.2, 0.25) is 0 Å². The quantitative estimate of drug-likeness (QED) is 0.0812. The molecule has 0 aliphatic carbocycles. The lowest BCUT2D eigenvalue weighted by Gasteiger charge is -2.22. The molecule has 3 aromatic carbocycles. The van der Waals surface area contributed by atoms with Gasteiger partial charge in [-0.15, -0.1) is 0 Å². The van der Waals surface area contributed by atoms with Gasteiger partial charge in [0.1, 0.15) is 11.4 Å². The van der Waals surface area contributed by atoms with Crippen LogP contribution in [0.1, 0.15) is 35.6 Å². The number of halogens is 1. The number of carbonyl (C=O) groups excluding carboxylic acids is 1. The third kappa shape index (κ3) is 6.64. The van der Waals surface area contributed by atoms with Crippen LogP contribution < -0.4 is 15.7 Å². The van der Waals surface area contributed by atoms with E-state index in [-0.39, 0.29) is 23.7 Å². The highest BCUT2D eigenvalue weighted by Gasteiger charge is 2.24. The maximum absolute atomic E-state index is 13.6. The summed E-state index contributed by atoms with van der Waals surface area (Å²) in [4.78, 5) is 41.3. The predicted octanol–water partition coefficient (Wildman–Crippen LogP) is 6.16. The first-order chi connectivity index (χ1) is 20.2. The summed E-state index contributed by atoms with van der Waals surface area (Å²) in [5.74, 6) is -1.51. The van der Waals surface area contributed by atoms with Crippen LogP contribution in [0.5, 0.6) is 5.75 Å². The Bertz CT molecular complexity index is 1780.